The van der Waals surface area contributed by atoms with Crippen LogP contribution in [-0.2, 0) is 14.8 Å². The highest BCUT2D eigenvalue weighted by molar-refractivity contribution is 7.89. The average molecular weight is 412 g/mol. The van der Waals surface area contributed by atoms with E-state index in [1.807, 2.05) is 20.0 Å². The van der Waals surface area contributed by atoms with E-state index in [4.69, 9.17) is 9.47 Å². The number of nitrogens with zero attached hydrogens (tertiary/aromatic N) is 3. The van der Waals surface area contributed by atoms with Crippen LogP contribution in [0.5, 0.6) is 5.75 Å². The average Bonchev–Trinajstić information content (AvgIpc) is 2.74. The van der Waals surface area contributed by atoms with Crippen LogP contribution in [0.2, 0.25) is 0 Å². The van der Waals surface area contributed by atoms with Gasteiger partial charge < -0.3 is 14.8 Å². The van der Waals surface area contributed by atoms with Crippen molar-refractivity contribution in [1.82, 2.24) is 14.3 Å². The second-order valence-electron chi connectivity index (χ2n) is 6.74. The van der Waals surface area contributed by atoms with Crippen molar-refractivity contribution in [3.63, 3.8) is 0 Å². The summed E-state index contributed by atoms with van der Waals surface area (Å²) in [6.07, 6.45) is 1.74. The summed E-state index contributed by atoms with van der Waals surface area (Å²) in [5.74, 6) is 1.19. The normalized spacial score (nSPS) is 15.3. The molecule has 1 aromatic heterocycles. The Hall–Kier alpha value is -2.69. The summed E-state index contributed by atoms with van der Waals surface area (Å²) in [4.78, 5) is 9.12. The SMILES string of the molecule is Bc1cc2cnc(Nc3ccc(S(=O)(=O)N4CCOCC4)cc3)nc2cc1OC. The van der Waals surface area contributed by atoms with Crippen molar-refractivity contribution in [2.24, 2.45) is 0 Å². The molecule has 0 unspecified atom stereocenters. The minimum absolute atomic E-state index is 0.254. The molecule has 3 aromatic rings. The molecule has 1 aliphatic rings. The van der Waals surface area contributed by atoms with Crippen LogP contribution in [0.25, 0.3) is 10.9 Å². The molecule has 0 aliphatic carbocycles. The van der Waals surface area contributed by atoms with Crippen molar-refractivity contribution in [2.75, 3.05) is 38.7 Å². The van der Waals surface area contributed by atoms with Crippen LogP contribution in [0.15, 0.2) is 47.5 Å². The lowest BCUT2D eigenvalue weighted by molar-refractivity contribution is 0.0730. The molecule has 0 spiro atoms. The van der Waals surface area contributed by atoms with E-state index in [0.29, 0.717) is 37.9 Å². The fraction of sp³-hybridized carbons (Fsp3) is 0.263. The summed E-state index contributed by atoms with van der Waals surface area (Å²) in [5, 5.41) is 4.03. The first-order valence-electron chi connectivity index (χ1n) is 9.24. The third kappa shape index (κ3) is 4.05. The van der Waals surface area contributed by atoms with Crippen LogP contribution < -0.4 is 15.5 Å². The van der Waals surface area contributed by atoms with E-state index >= 15 is 0 Å². The lowest BCUT2D eigenvalue weighted by Gasteiger charge is -2.26. The van der Waals surface area contributed by atoms with Gasteiger partial charge in [0.15, 0.2) is 0 Å². The van der Waals surface area contributed by atoms with Gasteiger partial charge in [-0.25, -0.2) is 18.4 Å². The van der Waals surface area contributed by atoms with E-state index in [9.17, 15) is 8.42 Å². The lowest BCUT2D eigenvalue weighted by atomic mass is 9.93. The largest absolute Gasteiger partial charge is 0.497 e. The number of hydrogen-bond donors (Lipinski definition) is 1. The Morgan fingerprint density at radius 2 is 1.90 bits per heavy atom. The second kappa shape index (κ2) is 7.98. The first-order chi connectivity index (χ1) is 14.0. The molecule has 2 heterocycles. The second-order valence-corrected chi connectivity index (χ2v) is 8.68. The molecule has 29 heavy (non-hydrogen) atoms. The summed E-state index contributed by atoms with van der Waals surface area (Å²) in [6, 6.07) is 10.4. The number of nitrogens with one attached hydrogen (secondary N) is 1. The summed E-state index contributed by atoms with van der Waals surface area (Å²) >= 11 is 0. The molecule has 0 bridgehead atoms. The highest BCUT2D eigenvalue weighted by Crippen LogP contribution is 2.22. The minimum Gasteiger partial charge on any atom is -0.497 e. The topological polar surface area (TPSA) is 93.7 Å². The van der Waals surface area contributed by atoms with Gasteiger partial charge >= 0.3 is 0 Å². The van der Waals surface area contributed by atoms with E-state index in [2.05, 4.69) is 15.3 Å². The summed E-state index contributed by atoms with van der Waals surface area (Å²) < 4.78 is 37.4. The van der Waals surface area contributed by atoms with Gasteiger partial charge in [-0.3, -0.25) is 0 Å². The highest BCUT2D eigenvalue weighted by Gasteiger charge is 2.26. The fourth-order valence-electron chi connectivity index (χ4n) is 3.23. The smallest absolute Gasteiger partial charge is 0.243 e. The molecule has 0 saturated carbocycles. The Morgan fingerprint density at radius 1 is 1.17 bits per heavy atom. The Kier molecular flexibility index (Phi) is 5.40. The Bertz CT molecular complexity index is 1130. The van der Waals surface area contributed by atoms with Gasteiger partial charge in [0.05, 0.1) is 30.7 Å². The zero-order valence-corrected chi connectivity index (χ0v) is 17.1. The molecule has 1 N–H and O–H groups in total. The third-order valence-electron chi connectivity index (χ3n) is 4.81. The number of anilines is 2. The van der Waals surface area contributed by atoms with E-state index < -0.39 is 10.0 Å². The van der Waals surface area contributed by atoms with Crippen molar-refractivity contribution < 1.29 is 17.9 Å². The Morgan fingerprint density at radius 3 is 2.59 bits per heavy atom. The maximum atomic E-state index is 12.7. The predicted molar refractivity (Wildman–Crippen MR) is 114 cm³/mol. The molecule has 8 nitrogen and oxygen atoms in total. The Labute approximate surface area is 170 Å². The zero-order chi connectivity index (χ0) is 20.4. The van der Waals surface area contributed by atoms with Crippen LogP contribution in [0.4, 0.5) is 11.6 Å². The van der Waals surface area contributed by atoms with Crippen molar-refractivity contribution in [3.8, 4) is 5.75 Å². The molecule has 1 saturated heterocycles. The van der Waals surface area contributed by atoms with Gasteiger partial charge in [-0.15, -0.1) is 0 Å². The number of hydrogen-bond acceptors (Lipinski definition) is 7. The molecule has 0 radical (unpaired) electrons. The van der Waals surface area contributed by atoms with Crippen LogP contribution in [0, 0.1) is 0 Å². The molecule has 0 amide bonds. The molecule has 1 aliphatic heterocycles. The zero-order valence-electron chi connectivity index (χ0n) is 16.3. The van der Waals surface area contributed by atoms with E-state index in [0.717, 1.165) is 22.1 Å². The van der Waals surface area contributed by atoms with Gasteiger partial charge in [0.2, 0.25) is 16.0 Å². The maximum Gasteiger partial charge on any atom is 0.243 e. The summed E-state index contributed by atoms with van der Waals surface area (Å²) in [5.41, 5.74) is 2.47. The quantitative estimate of drug-likeness (QED) is 0.616. The predicted octanol–water partition coefficient (Wildman–Crippen LogP) is 0.661. The maximum absolute atomic E-state index is 12.7. The van der Waals surface area contributed by atoms with Gasteiger partial charge in [0, 0.05) is 36.4 Å². The monoisotopic (exact) mass is 412 g/mol. The molecule has 1 fully saturated rings. The number of aromatic nitrogens is 2. The first-order valence-corrected chi connectivity index (χ1v) is 10.7. The molecule has 2 aromatic carbocycles. The van der Waals surface area contributed by atoms with Gasteiger partial charge in [0.1, 0.15) is 13.6 Å². The van der Waals surface area contributed by atoms with Gasteiger partial charge in [-0.2, -0.15) is 4.31 Å². The number of methoxy groups -OCH3 is 1. The number of morpholine rings is 1. The van der Waals surface area contributed by atoms with Crippen molar-refractivity contribution in [2.45, 2.75) is 4.90 Å². The molecular weight excluding hydrogens is 391 g/mol. The number of rotatable bonds is 5. The number of benzene rings is 2. The van der Waals surface area contributed by atoms with Crippen LogP contribution in [0.3, 0.4) is 0 Å². The number of ether oxygens (including phenoxy) is 2. The van der Waals surface area contributed by atoms with Crippen molar-refractivity contribution in [3.05, 3.63) is 42.6 Å². The standard InChI is InChI=1S/C19H21BN4O4S/c1-27-18-11-17-13(10-16(18)20)12-21-19(23-17)22-14-2-4-15(5-3-14)29(25,26)24-6-8-28-9-7-24/h2-5,10-12H,6-9,20H2,1H3,(H,21,22,23). The molecule has 10 heteroatoms. The first kappa shape index (κ1) is 19.6. The van der Waals surface area contributed by atoms with Crippen LogP contribution in [0.1, 0.15) is 0 Å². The number of sulfonamides is 1. The number of fused-ring (bicyclic) bond motifs is 1. The van der Waals surface area contributed by atoms with Crippen LogP contribution in [-0.4, -0.2) is 64.0 Å². The van der Waals surface area contributed by atoms with E-state index in [-0.39, 0.29) is 4.90 Å². The minimum atomic E-state index is -3.51. The molecular formula is C19H21BN4O4S. The third-order valence-corrected chi connectivity index (χ3v) is 6.73. The molecule has 0 atom stereocenters. The Balaban J connectivity index is 1.55. The lowest BCUT2D eigenvalue weighted by Crippen LogP contribution is -2.40. The summed E-state index contributed by atoms with van der Waals surface area (Å²) in [7, 11) is 0.0834. The van der Waals surface area contributed by atoms with Crippen molar-refractivity contribution in [1.29, 1.82) is 0 Å². The molecule has 150 valence electrons. The van der Waals surface area contributed by atoms with Gasteiger partial charge in [-0.05, 0) is 29.7 Å². The van der Waals surface area contributed by atoms with Gasteiger partial charge in [0.25, 0.3) is 0 Å². The van der Waals surface area contributed by atoms with Crippen molar-refractivity contribution >= 4 is 45.9 Å². The molecule has 4 rings (SSSR count). The summed E-state index contributed by atoms with van der Waals surface area (Å²) in [6.45, 7) is 1.58. The van der Waals surface area contributed by atoms with E-state index in [1.54, 1.807) is 37.6 Å². The highest BCUT2D eigenvalue weighted by atomic mass is 32.2. The fourth-order valence-corrected chi connectivity index (χ4v) is 4.64. The van der Waals surface area contributed by atoms with Crippen LogP contribution >= 0.6 is 0 Å². The van der Waals surface area contributed by atoms with Gasteiger partial charge in [-0.1, -0.05) is 6.07 Å². The van der Waals surface area contributed by atoms with E-state index in [1.165, 1.54) is 4.31 Å².